The molecule has 1 aromatic heterocycles. The third kappa shape index (κ3) is 3.10. The Labute approximate surface area is 154 Å². The molecule has 26 heavy (non-hydrogen) atoms. The maximum Gasteiger partial charge on any atom is 0.120 e. The Morgan fingerprint density at radius 2 is 1.81 bits per heavy atom. The molecule has 0 amide bonds. The number of benzene rings is 2. The van der Waals surface area contributed by atoms with Crippen molar-refractivity contribution in [2.24, 2.45) is 0 Å². The second-order valence-corrected chi connectivity index (χ2v) is 6.15. The van der Waals surface area contributed by atoms with E-state index < -0.39 is 0 Å². The standard InChI is InChI=1S/C22H21N3O/c1-5-25-21(13-8-16-6-9-17(10-7-16)24(2)3)20(15-23)19-12-11-18(26-4)14-22(19)25/h6-7,9-12,14H,5H2,1-4H3. The summed E-state index contributed by atoms with van der Waals surface area (Å²) in [6.07, 6.45) is 0. The monoisotopic (exact) mass is 343 g/mol. The molecule has 0 aliphatic rings. The Hall–Kier alpha value is -3.37. The van der Waals surface area contributed by atoms with Crippen molar-refractivity contribution in [1.82, 2.24) is 4.57 Å². The van der Waals surface area contributed by atoms with Crippen LogP contribution in [0.5, 0.6) is 5.75 Å². The Bertz CT molecular complexity index is 1040. The van der Waals surface area contributed by atoms with Gasteiger partial charge in [-0.15, -0.1) is 0 Å². The lowest BCUT2D eigenvalue weighted by atomic mass is 10.1. The Morgan fingerprint density at radius 1 is 1.08 bits per heavy atom. The van der Waals surface area contributed by atoms with Crippen LogP contribution in [0, 0.1) is 23.2 Å². The number of nitrogens with zero attached hydrogens (tertiary/aromatic N) is 3. The SMILES string of the molecule is CCn1c(C#Cc2ccc(N(C)C)cc2)c(C#N)c2ccc(OC)cc21. The molecule has 0 saturated carbocycles. The van der Waals surface area contributed by atoms with Crippen molar-refractivity contribution < 1.29 is 4.74 Å². The van der Waals surface area contributed by atoms with Crippen LogP contribution >= 0.6 is 0 Å². The summed E-state index contributed by atoms with van der Waals surface area (Å²) in [4.78, 5) is 2.05. The molecule has 0 aliphatic carbocycles. The molecule has 0 radical (unpaired) electrons. The van der Waals surface area contributed by atoms with Gasteiger partial charge in [0, 0.05) is 43.3 Å². The lowest BCUT2D eigenvalue weighted by Gasteiger charge is -2.11. The van der Waals surface area contributed by atoms with Gasteiger partial charge in [0.2, 0.25) is 0 Å². The maximum absolute atomic E-state index is 9.68. The normalized spacial score (nSPS) is 10.1. The van der Waals surface area contributed by atoms with E-state index in [9.17, 15) is 5.26 Å². The number of aromatic nitrogens is 1. The van der Waals surface area contributed by atoms with Crippen molar-refractivity contribution in [2.75, 3.05) is 26.1 Å². The fourth-order valence-corrected chi connectivity index (χ4v) is 3.00. The topological polar surface area (TPSA) is 41.2 Å². The molecule has 4 nitrogen and oxygen atoms in total. The lowest BCUT2D eigenvalue weighted by Crippen LogP contribution is -2.07. The highest BCUT2D eigenvalue weighted by Crippen LogP contribution is 2.28. The van der Waals surface area contributed by atoms with Crippen LogP contribution < -0.4 is 9.64 Å². The number of hydrogen-bond acceptors (Lipinski definition) is 3. The smallest absolute Gasteiger partial charge is 0.120 e. The van der Waals surface area contributed by atoms with Gasteiger partial charge in [0.05, 0.1) is 18.2 Å². The molecule has 3 rings (SSSR count). The largest absolute Gasteiger partial charge is 0.497 e. The van der Waals surface area contributed by atoms with E-state index in [0.717, 1.165) is 40.1 Å². The van der Waals surface area contributed by atoms with Gasteiger partial charge < -0.3 is 14.2 Å². The summed E-state index contributed by atoms with van der Waals surface area (Å²) in [5.74, 6) is 7.18. The van der Waals surface area contributed by atoms with E-state index in [-0.39, 0.29) is 0 Å². The van der Waals surface area contributed by atoms with Crippen LogP contribution in [0.25, 0.3) is 10.9 Å². The summed E-state index contributed by atoms with van der Waals surface area (Å²) < 4.78 is 7.40. The predicted molar refractivity (Wildman–Crippen MR) is 106 cm³/mol. The molecule has 0 unspecified atom stereocenters. The summed E-state index contributed by atoms with van der Waals surface area (Å²) in [5.41, 5.74) is 4.38. The Balaban J connectivity index is 2.12. The molecule has 0 N–H and O–H groups in total. The van der Waals surface area contributed by atoms with E-state index >= 15 is 0 Å². The number of ether oxygens (including phenoxy) is 1. The molecule has 0 aliphatic heterocycles. The summed E-state index contributed by atoms with van der Waals surface area (Å²) in [5, 5.41) is 10.6. The fraction of sp³-hybridized carbons (Fsp3) is 0.227. The van der Waals surface area contributed by atoms with Gasteiger partial charge in [0.15, 0.2) is 0 Å². The molecule has 0 atom stereocenters. The van der Waals surface area contributed by atoms with Gasteiger partial charge in [-0.3, -0.25) is 0 Å². The molecule has 0 saturated heterocycles. The number of anilines is 1. The summed E-state index contributed by atoms with van der Waals surface area (Å²) in [6.45, 7) is 2.78. The first-order valence-corrected chi connectivity index (χ1v) is 8.48. The van der Waals surface area contributed by atoms with Crippen LogP contribution in [0.1, 0.15) is 23.7 Å². The minimum Gasteiger partial charge on any atom is -0.497 e. The van der Waals surface area contributed by atoms with Crippen molar-refractivity contribution in [3.8, 4) is 23.7 Å². The van der Waals surface area contributed by atoms with Crippen LogP contribution in [0.2, 0.25) is 0 Å². The highest BCUT2D eigenvalue weighted by atomic mass is 16.5. The first-order chi connectivity index (χ1) is 12.6. The zero-order valence-electron chi connectivity index (χ0n) is 15.5. The van der Waals surface area contributed by atoms with Crippen LogP contribution in [0.15, 0.2) is 42.5 Å². The van der Waals surface area contributed by atoms with Crippen molar-refractivity contribution in [2.45, 2.75) is 13.5 Å². The van der Waals surface area contributed by atoms with E-state index in [0.29, 0.717) is 5.56 Å². The van der Waals surface area contributed by atoms with E-state index in [1.807, 2.05) is 61.5 Å². The maximum atomic E-state index is 9.68. The number of rotatable bonds is 3. The van der Waals surface area contributed by atoms with Crippen molar-refractivity contribution >= 4 is 16.6 Å². The van der Waals surface area contributed by atoms with Gasteiger partial charge >= 0.3 is 0 Å². The molecular formula is C22H21N3O. The summed E-state index contributed by atoms with van der Waals surface area (Å²) >= 11 is 0. The Kier molecular flexibility index (Phi) is 4.87. The third-order valence-electron chi connectivity index (χ3n) is 4.41. The van der Waals surface area contributed by atoms with Crippen LogP contribution in [0.3, 0.4) is 0 Å². The van der Waals surface area contributed by atoms with E-state index in [1.54, 1.807) is 7.11 Å². The average molecular weight is 343 g/mol. The number of methoxy groups -OCH3 is 1. The zero-order chi connectivity index (χ0) is 18.7. The molecule has 4 heteroatoms. The number of fused-ring (bicyclic) bond motifs is 1. The molecule has 0 spiro atoms. The summed E-state index contributed by atoms with van der Waals surface area (Å²) in [6, 6.07) is 16.1. The molecule has 0 bridgehead atoms. The number of aryl methyl sites for hydroxylation is 1. The van der Waals surface area contributed by atoms with Crippen LogP contribution in [0.4, 0.5) is 5.69 Å². The molecule has 0 fully saturated rings. The Morgan fingerprint density at radius 3 is 2.38 bits per heavy atom. The first-order valence-electron chi connectivity index (χ1n) is 8.48. The quantitative estimate of drug-likeness (QED) is 0.675. The molecule has 2 aromatic carbocycles. The molecule has 130 valence electrons. The fourth-order valence-electron chi connectivity index (χ4n) is 3.00. The van der Waals surface area contributed by atoms with E-state index in [1.165, 1.54) is 0 Å². The van der Waals surface area contributed by atoms with Gasteiger partial charge in [-0.1, -0.05) is 5.92 Å². The minimum absolute atomic E-state index is 0.613. The lowest BCUT2D eigenvalue weighted by molar-refractivity contribution is 0.415. The zero-order valence-corrected chi connectivity index (χ0v) is 15.5. The highest BCUT2D eigenvalue weighted by Gasteiger charge is 2.15. The van der Waals surface area contributed by atoms with Crippen LogP contribution in [-0.2, 0) is 6.54 Å². The van der Waals surface area contributed by atoms with Crippen molar-refractivity contribution in [3.05, 3.63) is 59.3 Å². The molecule has 1 heterocycles. The average Bonchev–Trinajstić information content (AvgIpc) is 2.98. The number of hydrogen-bond donors (Lipinski definition) is 0. The first kappa shape index (κ1) is 17.5. The van der Waals surface area contributed by atoms with Crippen LogP contribution in [-0.4, -0.2) is 25.8 Å². The summed E-state index contributed by atoms with van der Waals surface area (Å²) in [7, 11) is 5.66. The van der Waals surface area contributed by atoms with Gasteiger partial charge in [0.1, 0.15) is 17.5 Å². The third-order valence-corrected chi connectivity index (χ3v) is 4.41. The highest BCUT2D eigenvalue weighted by molar-refractivity contribution is 5.90. The van der Waals surface area contributed by atoms with E-state index in [4.69, 9.17) is 4.74 Å². The van der Waals surface area contributed by atoms with Crippen molar-refractivity contribution in [3.63, 3.8) is 0 Å². The van der Waals surface area contributed by atoms with Gasteiger partial charge in [-0.25, -0.2) is 0 Å². The minimum atomic E-state index is 0.613. The van der Waals surface area contributed by atoms with E-state index in [2.05, 4.69) is 29.4 Å². The molecular weight excluding hydrogens is 322 g/mol. The van der Waals surface area contributed by atoms with Crippen molar-refractivity contribution in [1.29, 1.82) is 5.26 Å². The molecule has 3 aromatic rings. The second kappa shape index (κ2) is 7.25. The second-order valence-electron chi connectivity index (χ2n) is 6.15. The van der Waals surface area contributed by atoms with Gasteiger partial charge in [-0.05, 0) is 49.2 Å². The number of nitriles is 1. The van der Waals surface area contributed by atoms with Gasteiger partial charge in [-0.2, -0.15) is 5.26 Å². The predicted octanol–water partition coefficient (Wildman–Crippen LogP) is 4.01. The van der Waals surface area contributed by atoms with Gasteiger partial charge in [0.25, 0.3) is 0 Å².